The molecule has 5 nitrogen and oxygen atoms in total. The molecular weight excluding hydrogens is 278 g/mol. The van der Waals surface area contributed by atoms with Gasteiger partial charge in [-0.05, 0) is 6.07 Å². The average Bonchev–Trinajstić information content (AvgIpc) is 2.35. The van der Waals surface area contributed by atoms with Crippen LogP contribution in [0.4, 0.5) is 0 Å². The van der Waals surface area contributed by atoms with Gasteiger partial charge in [0.05, 0.1) is 12.9 Å². The maximum atomic E-state index is 11.1. The van der Waals surface area contributed by atoms with E-state index in [1.807, 2.05) is 12.1 Å². The van der Waals surface area contributed by atoms with Gasteiger partial charge in [0, 0.05) is 30.5 Å². The van der Waals surface area contributed by atoms with E-state index in [9.17, 15) is 8.42 Å². The van der Waals surface area contributed by atoms with Crippen molar-refractivity contribution in [2.24, 2.45) is 0 Å². The second-order valence-corrected chi connectivity index (χ2v) is 7.25. The molecule has 114 valence electrons. The molecular formula is C14H23NO4S. The molecule has 1 aromatic rings. The van der Waals surface area contributed by atoms with E-state index in [1.54, 1.807) is 13.2 Å². The van der Waals surface area contributed by atoms with E-state index >= 15 is 0 Å². The van der Waals surface area contributed by atoms with E-state index in [1.165, 1.54) is 6.26 Å². The van der Waals surface area contributed by atoms with Crippen LogP contribution >= 0.6 is 0 Å². The average molecular weight is 301 g/mol. The first-order chi connectivity index (χ1) is 9.31. The smallest absolute Gasteiger partial charge is 0.150 e. The first-order valence-corrected chi connectivity index (χ1v) is 8.58. The minimum atomic E-state index is -3.02. The van der Waals surface area contributed by atoms with E-state index in [4.69, 9.17) is 9.47 Å². The summed E-state index contributed by atoms with van der Waals surface area (Å²) in [4.78, 5) is 0. The fourth-order valence-electron chi connectivity index (χ4n) is 1.56. The van der Waals surface area contributed by atoms with Crippen molar-refractivity contribution < 1.29 is 17.9 Å². The predicted molar refractivity (Wildman–Crippen MR) is 80.2 cm³/mol. The van der Waals surface area contributed by atoms with Crippen molar-refractivity contribution in [1.29, 1.82) is 0 Å². The highest BCUT2D eigenvalue weighted by Crippen LogP contribution is 2.25. The normalized spacial score (nSPS) is 11.7. The number of hydrogen-bond acceptors (Lipinski definition) is 5. The molecule has 0 atom stereocenters. The van der Waals surface area contributed by atoms with Gasteiger partial charge in [-0.25, -0.2) is 8.42 Å². The van der Waals surface area contributed by atoms with Gasteiger partial charge in [0.15, 0.2) is 9.84 Å². The molecule has 0 amide bonds. The summed E-state index contributed by atoms with van der Waals surface area (Å²) in [6, 6.07) is 5.92. The van der Waals surface area contributed by atoms with E-state index in [0.717, 1.165) is 5.56 Å². The van der Waals surface area contributed by atoms with Gasteiger partial charge in [0.1, 0.15) is 18.1 Å². The molecule has 0 aromatic heterocycles. The van der Waals surface area contributed by atoms with E-state index < -0.39 is 9.84 Å². The Hall–Kier alpha value is -1.27. The van der Waals surface area contributed by atoms with Crippen LogP contribution in [0.25, 0.3) is 0 Å². The molecule has 0 saturated carbocycles. The highest BCUT2D eigenvalue weighted by atomic mass is 32.2. The highest BCUT2D eigenvalue weighted by Gasteiger charge is 2.08. The van der Waals surface area contributed by atoms with E-state index in [0.29, 0.717) is 24.1 Å². The highest BCUT2D eigenvalue weighted by molar-refractivity contribution is 7.90. The number of methoxy groups -OCH3 is 1. The molecule has 1 N–H and O–H groups in total. The lowest BCUT2D eigenvalue weighted by atomic mass is 10.2. The Kier molecular flexibility index (Phi) is 6.29. The third-order valence-corrected chi connectivity index (χ3v) is 3.60. The molecule has 0 aliphatic heterocycles. The molecule has 6 heteroatoms. The van der Waals surface area contributed by atoms with Crippen molar-refractivity contribution in [2.75, 3.05) is 25.7 Å². The second-order valence-electron chi connectivity index (χ2n) is 4.99. The fourth-order valence-corrected chi connectivity index (χ4v) is 1.95. The zero-order valence-corrected chi connectivity index (χ0v) is 13.3. The summed E-state index contributed by atoms with van der Waals surface area (Å²) in [5.74, 6) is 1.34. The van der Waals surface area contributed by atoms with Gasteiger partial charge in [-0.2, -0.15) is 0 Å². The molecule has 0 fully saturated rings. The van der Waals surface area contributed by atoms with Crippen LogP contribution in [0, 0.1) is 0 Å². The molecule has 0 heterocycles. The summed E-state index contributed by atoms with van der Waals surface area (Å²) in [5, 5.41) is 3.31. The third kappa shape index (κ3) is 6.25. The maximum absolute atomic E-state index is 11.1. The number of hydrogen-bond donors (Lipinski definition) is 1. The number of benzene rings is 1. The van der Waals surface area contributed by atoms with Crippen LogP contribution < -0.4 is 14.8 Å². The minimum absolute atomic E-state index is 0.00125. The molecule has 0 aliphatic carbocycles. The van der Waals surface area contributed by atoms with Gasteiger partial charge < -0.3 is 14.8 Å². The Morgan fingerprint density at radius 2 is 2.00 bits per heavy atom. The third-order valence-electron chi connectivity index (χ3n) is 2.69. The molecule has 0 bridgehead atoms. The Morgan fingerprint density at radius 1 is 1.30 bits per heavy atom. The van der Waals surface area contributed by atoms with Gasteiger partial charge in [0.2, 0.25) is 0 Å². The van der Waals surface area contributed by atoms with Crippen molar-refractivity contribution in [1.82, 2.24) is 5.32 Å². The number of ether oxygens (including phenoxy) is 2. The van der Waals surface area contributed by atoms with Crippen molar-refractivity contribution in [2.45, 2.75) is 26.4 Å². The fraction of sp³-hybridized carbons (Fsp3) is 0.571. The molecule has 1 aromatic carbocycles. The summed E-state index contributed by atoms with van der Waals surface area (Å²) in [5.41, 5.74) is 0.980. The summed E-state index contributed by atoms with van der Waals surface area (Å²) in [6.07, 6.45) is 1.20. The number of nitrogens with one attached hydrogen (secondary N) is 1. The molecule has 0 saturated heterocycles. The monoisotopic (exact) mass is 301 g/mol. The Labute approximate surface area is 121 Å². The van der Waals surface area contributed by atoms with Crippen LogP contribution in [0.3, 0.4) is 0 Å². The molecule has 20 heavy (non-hydrogen) atoms. The molecule has 0 radical (unpaired) electrons. The first kappa shape index (κ1) is 16.8. The van der Waals surface area contributed by atoms with Gasteiger partial charge in [-0.15, -0.1) is 0 Å². The minimum Gasteiger partial charge on any atom is -0.497 e. The van der Waals surface area contributed by atoms with Crippen molar-refractivity contribution >= 4 is 9.84 Å². The lowest BCUT2D eigenvalue weighted by molar-refractivity contribution is 0.332. The largest absolute Gasteiger partial charge is 0.497 e. The zero-order valence-electron chi connectivity index (χ0n) is 12.5. The standard InChI is InChI=1S/C14H23NO4S/c1-11(2)15-10-12-5-6-13(18-3)9-14(12)19-7-8-20(4,16)17/h5-6,9,11,15H,7-8,10H2,1-4H3. The van der Waals surface area contributed by atoms with Crippen LogP contribution in [-0.2, 0) is 16.4 Å². The summed E-state index contributed by atoms with van der Waals surface area (Å²) in [7, 11) is -1.44. The predicted octanol–water partition coefficient (Wildman–Crippen LogP) is 1.62. The Bertz CT molecular complexity index is 526. The topological polar surface area (TPSA) is 64.6 Å². The van der Waals surface area contributed by atoms with Crippen molar-refractivity contribution in [3.8, 4) is 11.5 Å². The van der Waals surface area contributed by atoms with Gasteiger partial charge in [-0.1, -0.05) is 19.9 Å². The lowest BCUT2D eigenvalue weighted by Crippen LogP contribution is -2.22. The second kappa shape index (κ2) is 7.50. The molecule has 0 spiro atoms. The van der Waals surface area contributed by atoms with Crippen molar-refractivity contribution in [3.63, 3.8) is 0 Å². The summed E-state index contributed by atoms with van der Waals surface area (Å²) >= 11 is 0. The zero-order chi connectivity index (χ0) is 15.2. The van der Waals surface area contributed by atoms with Crippen molar-refractivity contribution in [3.05, 3.63) is 23.8 Å². The molecule has 0 unspecified atom stereocenters. The van der Waals surface area contributed by atoms with Crippen LogP contribution in [0.1, 0.15) is 19.4 Å². The summed E-state index contributed by atoms with van der Waals surface area (Å²) in [6.45, 7) is 4.93. The molecule has 1 rings (SSSR count). The Balaban J connectivity index is 2.77. The summed E-state index contributed by atoms with van der Waals surface area (Å²) < 4.78 is 33.0. The van der Waals surface area contributed by atoms with E-state index in [-0.39, 0.29) is 12.4 Å². The maximum Gasteiger partial charge on any atom is 0.150 e. The number of rotatable bonds is 8. The van der Waals surface area contributed by atoms with Crippen LogP contribution in [-0.4, -0.2) is 40.2 Å². The van der Waals surface area contributed by atoms with Crippen LogP contribution in [0.2, 0.25) is 0 Å². The molecule has 0 aliphatic rings. The number of sulfone groups is 1. The quantitative estimate of drug-likeness (QED) is 0.790. The van der Waals surface area contributed by atoms with E-state index in [2.05, 4.69) is 19.2 Å². The Morgan fingerprint density at radius 3 is 2.55 bits per heavy atom. The van der Waals surface area contributed by atoms with Crippen LogP contribution in [0.15, 0.2) is 18.2 Å². The first-order valence-electron chi connectivity index (χ1n) is 6.52. The van der Waals surface area contributed by atoms with Gasteiger partial charge in [-0.3, -0.25) is 0 Å². The SMILES string of the molecule is COc1ccc(CNC(C)C)c(OCCS(C)(=O)=O)c1. The lowest BCUT2D eigenvalue weighted by Gasteiger charge is -2.14. The van der Waals surface area contributed by atoms with Crippen LogP contribution in [0.5, 0.6) is 11.5 Å². The van der Waals surface area contributed by atoms with Gasteiger partial charge in [0.25, 0.3) is 0 Å². The van der Waals surface area contributed by atoms with Gasteiger partial charge >= 0.3 is 0 Å².